The Bertz CT molecular complexity index is 507. The largest absolute Gasteiger partial charge is 0.446 e. The van der Waals surface area contributed by atoms with Crippen molar-refractivity contribution in [3.05, 3.63) is 12.2 Å². The zero-order valence-electron chi connectivity index (χ0n) is 14.9. The maximum atomic E-state index is 11.8. The summed E-state index contributed by atoms with van der Waals surface area (Å²) in [6, 6.07) is 0. The van der Waals surface area contributed by atoms with Crippen molar-refractivity contribution in [2.24, 2.45) is 11.3 Å². The van der Waals surface area contributed by atoms with Crippen LogP contribution in [0.25, 0.3) is 0 Å². The van der Waals surface area contributed by atoms with E-state index >= 15 is 0 Å². The van der Waals surface area contributed by atoms with Crippen LogP contribution in [0, 0.1) is 11.3 Å². The van der Waals surface area contributed by atoms with Crippen molar-refractivity contribution in [2.75, 3.05) is 7.05 Å². The number of hydrogen-bond donors (Lipinski definition) is 3. The summed E-state index contributed by atoms with van der Waals surface area (Å²) in [5.74, 6) is 0.501. The molecular formula is C18H30N2O4. The predicted molar refractivity (Wildman–Crippen MR) is 91.2 cm³/mol. The topological polar surface area (TPSA) is 87.7 Å². The Hall–Kier alpha value is -1.56. The number of amides is 2. The minimum absolute atomic E-state index is 0.0623. The van der Waals surface area contributed by atoms with Crippen LogP contribution in [0.3, 0.4) is 0 Å². The Labute approximate surface area is 144 Å². The molecule has 0 aromatic rings. The molecule has 1 aliphatic carbocycles. The maximum absolute atomic E-state index is 11.8. The van der Waals surface area contributed by atoms with Crippen molar-refractivity contribution in [1.82, 2.24) is 10.6 Å². The Morgan fingerprint density at radius 1 is 1.46 bits per heavy atom. The summed E-state index contributed by atoms with van der Waals surface area (Å²) in [6.07, 6.45) is 7.91. The summed E-state index contributed by atoms with van der Waals surface area (Å²) in [6.45, 7) is 4.21. The van der Waals surface area contributed by atoms with Gasteiger partial charge in [-0.25, -0.2) is 4.79 Å². The van der Waals surface area contributed by atoms with Crippen LogP contribution in [-0.2, 0) is 9.53 Å². The van der Waals surface area contributed by atoms with Crippen LogP contribution < -0.4 is 10.6 Å². The first-order valence-electron chi connectivity index (χ1n) is 8.87. The number of aliphatic hydroxyl groups is 1. The smallest absolute Gasteiger partial charge is 0.409 e. The molecule has 2 rings (SSSR count). The fraction of sp³-hybridized carbons (Fsp3) is 0.778. The minimum Gasteiger partial charge on any atom is -0.446 e. The molecule has 1 saturated carbocycles. The number of hydrogen-bond acceptors (Lipinski definition) is 4. The molecule has 136 valence electrons. The van der Waals surface area contributed by atoms with E-state index in [-0.39, 0.29) is 17.4 Å². The highest BCUT2D eigenvalue weighted by molar-refractivity contribution is 5.75. The van der Waals surface area contributed by atoms with Crippen LogP contribution in [0.5, 0.6) is 0 Å². The first-order chi connectivity index (χ1) is 11.3. The van der Waals surface area contributed by atoms with E-state index in [1.165, 1.54) is 0 Å². The van der Waals surface area contributed by atoms with Gasteiger partial charge < -0.3 is 15.2 Å². The van der Waals surface area contributed by atoms with Gasteiger partial charge in [0, 0.05) is 26.3 Å². The molecule has 6 heteroatoms. The van der Waals surface area contributed by atoms with Crippen molar-refractivity contribution in [2.45, 2.75) is 70.6 Å². The van der Waals surface area contributed by atoms with Gasteiger partial charge >= 0.3 is 6.09 Å². The molecule has 24 heavy (non-hydrogen) atoms. The second-order valence-electron chi connectivity index (χ2n) is 7.44. The van der Waals surface area contributed by atoms with Gasteiger partial charge in [0.05, 0.1) is 0 Å². The number of carbonyl (C=O) groups excluding carboxylic acids is 2. The SMILES string of the molecule is CC/C=C/C[C@@]1(O)C[C@@H](C[C@@H]2C[C@@]2(C)CCC(=O)NC)OC(=O)N1. The molecule has 0 spiro atoms. The number of ether oxygens (including phenoxy) is 1. The molecule has 1 saturated heterocycles. The molecule has 2 amide bonds. The predicted octanol–water partition coefficient (Wildman–Crippen LogP) is 2.47. The number of nitrogens with one attached hydrogen (secondary N) is 2. The van der Waals surface area contributed by atoms with E-state index in [2.05, 4.69) is 17.6 Å². The zero-order valence-corrected chi connectivity index (χ0v) is 14.9. The fourth-order valence-corrected chi connectivity index (χ4v) is 3.57. The van der Waals surface area contributed by atoms with E-state index < -0.39 is 11.8 Å². The Morgan fingerprint density at radius 3 is 2.88 bits per heavy atom. The molecule has 0 aromatic heterocycles. The van der Waals surface area contributed by atoms with Gasteiger partial charge in [-0.15, -0.1) is 0 Å². The number of alkyl carbamates (subject to hydrolysis) is 1. The van der Waals surface area contributed by atoms with E-state index in [9.17, 15) is 14.7 Å². The zero-order chi connectivity index (χ0) is 17.8. The van der Waals surface area contributed by atoms with Gasteiger partial charge in [-0.3, -0.25) is 10.1 Å². The Kier molecular flexibility index (Phi) is 5.91. The third-order valence-corrected chi connectivity index (χ3v) is 5.32. The van der Waals surface area contributed by atoms with Gasteiger partial charge in [0.25, 0.3) is 0 Å². The lowest BCUT2D eigenvalue weighted by molar-refractivity contribution is -0.120. The average Bonchev–Trinajstić information content (AvgIpc) is 3.14. The molecule has 4 atom stereocenters. The number of allylic oxidation sites excluding steroid dienone is 1. The molecule has 1 heterocycles. The molecule has 3 N–H and O–H groups in total. The molecule has 1 aliphatic heterocycles. The van der Waals surface area contributed by atoms with Gasteiger partial charge in [0.1, 0.15) is 11.8 Å². The number of carbonyl (C=O) groups is 2. The summed E-state index contributed by atoms with van der Waals surface area (Å²) in [7, 11) is 1.65. The third-order valence-electron chi connectivity index (χ3n) is 5.32. The van der Waals surface area contributed by atoms with Crippen LogP contribution in [0.4, 0.5) is 4.79 Å². The Morgan fingerprint density at radius 2 is 2.21 bits per heavy atom. The third kappa shape index (κ3) is 4.97. The molecule has 6 nitrogen and oxygen atoms in total. The highest BCUT2D eigenvalue weighted by Crippen LogP contribution is 2.58. The molecule has 0 aromatic carbocycles. The van der Waals surface area contributed by atoms with Gasteiger partial charge in [-0.1, -0.05) is 26.0 Å². The highest BCUT2D eigenvalue weighted by atomic mass is 16.6. The standard InChI is InChI=1S/C18H30N2O4/c1-4-5-6-8-18(23)12-14(24-16(22)20-18)10-13-11-17(13,2)9-7-15(21)19-3/h5-6,13-14,23H,4,7-12H2,1-3H3,(H,19,21)(H,20,22)/b6-5+/t13-,14-,17-,18-/m1/s1. The Balaban J connectivity index is 1.85. The van der Waals surface area contributed by atoms with Crippen molar-refractivity contribution in [3.63, 3.8) is 0 Å². The monoisotopic (exact) mass is 338 g/mol. The summed E-state index contributed by atoms with van der Waals surface area (Å²) in [5, 5.41) is 15.8. The van der Waals surface area contributed by atoms with E-state index in [1.807, 2.05) is 19.1 Å². The lowest BCUT2D eigenvalue weighted by Gasteiger charge is -2.37. The van der Waals surface area contributed by atoms with Crippen molar-refractivity contribution >= 4 is 12.0 Å². The minimum atomic E-state index is -1.22. The summed E-state index contributed by atoms with van der Waals surface area (Å²) < 4.78 is 5.37. The first kappa shape index (κ1) is 18.8. The fourth-order valence-electron chi connectivity index (χ4n) is 3.57. The van der Waals surface area contributed by atoms with Gasteiger partial charge in [0.15, 0.2) is 0 Å². The van der Waals surface area contributed by atoms with Crippen LogP contribution >= 0.6 is 0 Å². The lowest BCUT2D eigenvalue weighted by atomic mass is 9.92. The maximum Gasteiger partial charge on any atom is 0.409 e. The van der Waals surface area contributed by atoms with E-state index in [0.29, 0.717) is 25.2 Å². The second-order valence-corrected chi connectivity index (χ2v) is 7.44. The van der Waals surface area contributed by atoms with Crippen molar-refractivity contribution in [3.8, 4) is 0 Å². The van der Waals surface area contributed by atoms with Gasteiger partial charge in [0.2, 0.25) is 5.91 Å². The quantitative estimate of drug-likeness (QED) is 0.593. The summed E-state index contributed by atoms with van der Waals surface area (Å²) in [5.41, 5.74) is -1.08. The molecular weight excluding hydrogens is 308 g/mol. The molecule has 2 fully saturated rings. The molecule has 0 radical (unpaired) electrons. The molecule has 0 bridgehead atoms. The van der Waals surface area contributed by atoms with E-state index in [4.69, 9.17) is 4.74 Å². The van der Waals surface area contributed by atoms with Crippen LogP contribution in [0.2, 0.25) is 0 Å². The van der Waals surface area contributed by atoms with Crippen LogP contribution in [0.15, 0.2) is 12.2 Å². The summed E-state index contributed by atoms with van der Waals surface area (Å²) >= 11 is 0. The summed E-state index contributed by atoms with van der Waals surface area (Å²) in [4.78, 5) is 23.2. The second kappa shape index (κ2) is 7.55. The first-order valence-corrected chi connectivity index (χ1v) is 8.87. The van der Waals surface area contributed by atoms with E-state index in [1.54, 1.807) is 7.05 Å². The number of cyclic esters (lactones) is 1. The molecule has 2 aliphatic rings. The highest BCUT2D eigenvalue weighted by Gasteiger charge is 2.51. The van der Waals surface area contributed by atoms with E-state index in [0.717, 1.165) is 25.7 Å². The van der Waals surface area contributed by atoms with Crippen molar-refractivity contribution in [1.29, 1.82) is 0 Å². The van der Waals surface area contributed by atoms with Gasteiger partial charge in [-0.05, 0) is 37.0 Å². The molecule has 0 unspecified atom stereocenters. The van der Waals surface area contributed by atoms with Crippen LogP contribution in [0.1, 0.15) is 58.8 Å². The van der Waals surface area contributed by atoms with Crippen molar-refractivity contribution < 1.29 is 19.4 Å². The average molecular weight is 338 g/mol. The lowest BCUT2D eigenvalue weighted by Crippen LogP contribution is -2.56. The number of rotatable bonds is 8. The van der Waals surface area contributed by atoms with Crippen LogP contribution in [-0.4, -0.2) is 36.0 Å². The normalized spacial score (nSPS) is 35.4. The van der Waals surface area contributed by atoms with Gasteiger partial charge in [-0.2, -0.15) is 0 Å².